The molecule has 4 aromatic rings. The molecule has 142 valence electrons. The number of imidazole rings is 1. The summed E-state index contributed by atoms with van der Waals surface area (Å²) in [5.74, 6) is 0.239. The van der Waals surface area contributed by atoms with Gasteiger partial charge in [0.15, 0.2) is 27.9 Å². The van der Waals surface area contributed by atoms with Crippen molar-refractivity contribution in [3.05, 3.63) is 64.9 Å². The zero-order valence-electron chi connectivity index (χ0n) is 14.5. The van der Waals surface area contributed by atoms with Gasteiger partial charge in [0.25, 0.3) is 11.8 Å². The molecule has 0 N–H and O–H groups in total. The van der Waals surface area contributed by atoms with E-state index in [1.54, 1.807) is 16.7 Å². The van der Waals surface area contributed by atoms with Crippen LogP contribution in [0, 0.1) is 0 Å². The number of para-hydroxylation sites is 1. The highest BCUT2D eigenvalue weighted by Gasteiger charge is 2.20. The summed E-state index contributed by atoms with van der Waals surface area (Å²) >= 11 is 4.64. The molecule has 4 rings (SSSR count). The van der Waals surface area contributed by atoms with Crippen molar-refractivity contribution < 1.29 is 18.4 Å². The van der Waals surface area contributed by atoms with Crippen molar-refractivity contribution in [2.45, 2.75) is 11.8 Å². The van der Waals surface area contributed by atoms with Gasteiger partial charge >= 0.3 is 5.97 Å². The number of hydrogen-bond donors (Lipinski definition) is 0. The number of esters is 1. The number of carbonyl (C=O) groups excluding carboxylic acids is 1. The molecule has 1 aromatic carbocycles. The number of benzene rings is 1. The van der Waals surface area contributed by atoms with Gasteiger partial charge in [-0.15, -0.1) is 10.2 Å². The van der Waals surface area contributed by atoms with E-state index in [0.29, 0.717) is 21.3 Å². The molecule has 0 spiro atoms. The Morgan fingerprint density at radius 3 is 2.71 bits per heavy atom. The number of halogens is 1. The summed E-state index contributed by atoms with van der Waals surface area (Å²) in [6.45, 7) is -0.164. The Balaban J connectivity index is 1.51. The maximum atomic E-state index is 12.6. The maximum Gasteiger partial charge on any atom is 0.357 e. The molecule has 0 bridgehead atoms. The van der Waals surface area contributed by atoms with Gasteiger partial charge in [0.2, 0.25) is 0 Å². The first-order valence-corrected chi connectivity index (χ1v) is 10.1. The zero-order chi connectivity index (χ0) is 19.5. The molecule has 28 heavy (non-hydrogen) atoms. The largest absolute Gasteiger partial charge is 0.451 e. The predicted octanol–water partition coefficient (Wildman–Crippen LogP) is 4.36. The van der Waals surface area contributed by atoms with E-state index in [0.717, 1.165) is 5.69 Å². The Morgan fingerprint density at radius 1 is 1.18 bits per heavy atom. The lowest BCUT2D eigenvalue weighted by atomic mass is 10.3. The SMILES string of the molecule is CSc1ncc(C(=O)OCc2nnc(-c3ccc(Br)o3)o2)n1-c1ccccc1. The Kier molecular flexibility index (Phi) is 5.31. The van der Waals surface area contributed by atoms with Crippen molar-refractivity contribution >= 4 is 33.7 Å². The molecule has 10 heteroatoms. The van der Waals surface area contributed by atoms with E-state index in [1.165, 1.54) is 18.0 Å². The summed E-state index contributed by atoms with van der Waals surface area (Å²) in [5, 5.41) is 8.45. The van der Waals surface area contributed by atoms with Gasteiger partial charge in [0.1, 0.15) is 0 Å². The summed E-state index contributed by atoms with van der Waals surface area (Å²) in [6, 6.07) is 12.9. The monoisotopic (exact) mass is 460 g/mol. The van der Waals surface area contributed by atoms with Crippen LogP contribution in [0.3, 0.4) is 0 Å². The molecule has 0 aliphatic carbocycles. The summed E-state index contributed by atoms with van der Waals surface area (Å²) in [7, 11) is 0. The van der Waals surface area contributed by atoms with Crippen LogP contribution in [0.5, 0.6) is 0 Å². The van der Waals surface area contributed by atoms with E-state index in [1.807, 2.05) is 36.6 Å². The van der Waals surface area contributed by atoms with E-state index < -0.39 is 5.97 Å². The van der Waals surface area contributed by atoms with E-state index >= 15 is 0 Å². The second kappa shape index (κ2) is 8.03. The van der Waals surface area contributed by atoms with Crippen molar-refractivity contribution in [2.75, 3.05) is 6.26 Å². The normalized spacial score (nSPS) is 10.9. The first-order valence-electron chi connectivity index (χ1n) is 8.08. The van der Waals surface area contributed by atoms with Gasteiger partial charge in [-0.1, -0.05) is 30.0 Å². The first-order chi connectivity index (χ1) is 13.7. The molecule has 0 amide bonds. The van der Waals surface area contributed by atoms with E-state index in [9.17, 15) is 4.79 Å². The third kappa shape index (κ3) is 3.73. The lowest BCUT2D eigenvalue weighted by Gasteiger charge is -2.10. The number of aromatic nitrogens is 4. The quantitative estimate of drug-likeness (QED) is 0.309. The van der Waals surface area contributed by atoms with Gasteiger partial charge < -0.3 is 13.6 Å². The van der Waals surface area contributed by atoms with Crippen molar-refractivity contribution in [3.8, 4) is 17.3 Å². The lowest BCUT2D eigenvalue weighted by molar-refractivity contribution is 0.0428. The van der Waals surface area contributed by atoms with Gasteiger partial charge in [-0.3, -0.25) is 4.57 Å². The van der Waals surface area contributed by atoms with Crippen LogP contribution >= 0.6 is 27.7 Å². The van der Waals surface area contributed by atoms with E-state index in [-0.39, 0.29) is 18.4 Å². The highest BCUT2D eigenvalue weighted by Crippen LogP contribution is 2.25. The average molecular weight is 461 g/mol. The standard InChI is InChI=1S/C18H13BrN4O4S/c1-28-18-20-9-12(23(18)11-5-3-2-4-6-11)17(24)25-10-15-21-22-16(27-15)13-7-8-14(19)26-13/h2-9H,10H2,1H3. The van der Waals surface area contributed by atoms with Crippen molar-refractivity contribution in [3.63, 3.8) is 0 Å². The van der Waals surface area contributed by atoms with Crippen LogP contribution in [0.25, 0.3) is 17.3 Å². The summed E-state index contributed by atoms with van der Waals surface area (Å²) in [6.07, 6.45) is 3.38. The Labute approximate surface area is 172 Å². The molecule has 0 aliphatic rings. The molecule has 8 nitrogen and oxygen atoms in total. The second-order valence-corrected chi connectivity index (χ2v) is 7.04. The number of thioether (sulfide) groups is 1. The lowest BCUT2D eigenvalue weighted by Crippen LogP contribution is -2.12. The topological polar surface area (TPSA) is 96.2 Å². The van der Waals surface area contributed by atoms with Crippen molar-refractivity contribution in [2.24, 2.45) is 0 Å². The third-order valence-corrected chi connectivity index (χ3v) is 4.79. The molecule has 3 heterocycles. The number of nitrogens with zero attached hydrogens (tertiary/aromatic N) is 4. The fraction of sp³-hybridized carbons (Fsp3) is 0.111. The second-order valence-electron chi connectivity index (χ2n) is 5.48. The summed E-state index contributed by atoms with van der Waals surface area (Å²) in [5.41, 5.74) is 1.13. The Bertz CT molecular complexity index is 1110. The van der Waals surface area contributed by atoms with Crippen LogP contribution in [-0.2, 0) is 11.3 Å². The predicted molar refractivity (Wildman–Crippen MR) is 104 cm³/mol. The number of hydrogen-bond acceptors (Lipinski definition) is 8. The van der Waals surface area contributed by atoms with E-state index in [4.69, 9.17) is 13.6 Å². The van der Waals surface area contributed by atoms with Crippen LogP contribution in [0.2, 0.25) is 0 Å². The molecular formula is C18H13BrN4O4S. The van der Waals surface area contributed by atoms with Crippen LogP contribution in [0.4, 0.5) is 0 Å². The third-order valence-electron chi connectivity index (χ3n) is 3.71. The van der Waals surface area contributed by atoms with Gasteiger partial charge in [-0.05, 0) is 46.5 Å². The van der Waals surface area contributed by atoms with Crippen LogP contribution in [-0.4, -0.2) is 32.0 Å². The molecule has 0 saturated carbocycles. The summed E-state index contributed by atoms with van der Waals surface area (Å²) in [4.78, 5) is 16.9. The zero-order valence-corrected chi connectivity index (χ0v) is 16.9. The molecule has 0 unspecified atom stereocenters. The number of furan rings is 1. The van der Waals surface area contributed by atoms with Crippen LogP contribution < -0.4 is 0 Å². The minimum Gasteiger partial charge on any atom is -0.451 e. The van der Waals surface area contributed by atoms with Crippen LogP contribution in [0.15, 0.2) is 67.3 Å². The minimum absolute atomic E-state index is 0.159. The van der Waals surface area contributed by atoms with Gasteiger partial charge in [-0.2, -0.15) is 0 Å². The number of carbonyl (C=O) groups is 1. The molecule has 0 saturated heterocycles. The maximum absolute atomic E-state index is 12.6. The summed E-state index contributed by atoms with van der Waals surface area (Å²) < 4.78 is 18.5. The molecular weight excluding hydrogens is 448 g/mol. The Hall–Kier alpha value is -2.85. The Morgan fingerprint density at radius 2 is 2.00 bits per heavy atom. The van der Waals surface area contributed by atoms with Gasteiger partial charge in [-0.25, -0.2) is 9.78 Å². The van der Waals surface area contributed by atoms with E-state index in [2.05, 4.69) is 31.1 Å². The molecule has 3 aromatic heterocycles. The highest BCUT2D eigenvalue weighted by atomic mass is 79.9. The molecule has 0 atom stereocenters. The fourth-order valence-electron chi connectivity index (χ4n) is 2.49. The van der Waals surface area contributed by atoms with Crippen molar-refractivity contribution in [1.82, 2.24) is 19.7 Å². The fourth-order valence-corrected chi connectivity index (χ4v) is 3.34. The van der Waals surface area contributed by atoms with Crippen LogP contribution in [0.1, 0.15) is 16.4 Å². The molecule has 0 fully saturated rings. The smallest absolute Gasteiger partial charge is 0.357 e. The number of rotatable bonds is 6. The average Bonchev–Trinajstić information content (AvgIpc) is 3.45. The minimum atomic E-state index is -0.544. The molecule has 0 radical (unpaired) electrons. The van der Waals surface area contributed by atoms with Gasteiger partial charge in [0.05, 0.1) is 6.20 Å². The van der Waals surface area contributed by atoms with Crippen molar-refractivity contribution in [1.29, 1.82) is 0 Å². The molecule has 0 aliphatic heterocycles. The first kappa shape index (κ1) is 18.5. The highest BCUT2D eigenvalue weighted by molar-refractivity contribution is 9.10. The number of ether oxygens (including phenoxy) is 1. The van der Waals surface area contributed by atoms with Gasteiger partial charge in [0, 0.05) is 5.69 Å².